The molecule has 0 fully saturated rings. The molecule has 0 radical (unpaired) electrons. The van der Waals surface area contributed by atoms with E-state index in [1.165, 1.54) is 18.2 Å². The minimum atomic E-state index is -2.96. The molecule has 0 bridgehead atoms. The number of carbonyl (C=O) groups is 1. The highest BCUT2D eigenvalue weighted by atomic mass is 35.5. The van der Waals surface area contributed by atoms with Crippen LogP contribution in [0, 0.1) is 0 Å². The Kier molecular flexibility index (Phi) is 7.01. The quantitative estimate of drug-likeness (QED) is 0.719. The van der Waals surface area contributed by atoms with Crippen LogP contribution >= 0.6 is 11.6 Å². The van der Waals surface area contributed by atoms with Crippen molar-refractivity contribution < 1.29 is 23.0 Å². The highest BCUT2D eigenvalue weighted by Gasteiger charge is 2.11. The monoisotopic (exact) mass is 369 g/mol. The number of alkyl halides is 2. The Morgan fingerprint density at radius 3 is 2.64 bits per heavy atom. The second kappa shape index (κ2) is 9.22. The molecule has 4 nitrogen and oxygen atoms in total. The minimum absolute atomic E-state index is 0.000193. The fourth-order valence-corrected chi connectivity index (χ4v) is 2.47. The lowest BCUT2D eigenvalue weighted by Crippen LogP contribution is -2.13. The summed E-state index contributed by atoms with van der Waals surface area (Å²) in [5.41, 5.74) is 1.35. The fourth-order valence-electron chi connectivity index (χ4n) is 2.25. The molecule has 1 amide bonds. The lowest BCUT2D eigenvalue weighted by atomic mass is 10.1. The molecule has 0 saturated heterocycles. The van der Waals surface area contributed by atoms with E-state index in [1.807, 2.05) is 31.2 Å². The molecular weight excluding hydrogens is 352 g/mol. The average molecular weight is 370 g/mol. The number of ether oxygens (including phenoxy) is 2. The van der Waals surface area contributed by atoms with Gasteiger partial charge in [-0.1, -0.05) is 29.8 Å². The molecular formula is C18H18ClF2NO3. The molecule has 0 spiro atoms. The summed E-state index contributed by atoms with van der Waals surface area (Å²) in [5.74, 6) is 0.402. The van der Waals surface area contributed by atoms with Gasteiger partial charge in [0, 0.05) is 12.1 Å². The molecule has 0 saturated carbocycles. The number of aryl methyl sites for hydroxylation is 1. The molecule has 0 aromatic heterocycles. The van der Waals surface area contributed by atoms with Crippen LogP contribution in [0.5, 0.6) is 11.5 Å². The van der Waals surface area contributed by atoms with E-state index in [1.54, 1.807) is 0 Å². The maximum absolute atomic E-state index is 12.2. The number of para-hydroxylation sites is 1. The smallest absolute Gasteiger partial charge is 0.387 e. The van der Waals surface area contributed by atoms with E-state index in [4.69, 9.17) is 16.3 Å². The third-order valence-electron chi connectivity index (χ3n) is 3.33. The summed E-state index contributed by atoms with van der Waals surface area (Å²) in [6.07, 6.45) is 0.763. The van der Waals surface area contributed by atoms with Gasteiger partial charge in [-0.2, -0.15) is 8.78 Å². The molecule has 2 rings (SSSR count). The van der Waals surface area contributed by atoms with Crippen LogP contribution in [0.3, 0.4) is 0 Å². The maximum atomic E-state index is 12.2. The number of rotatable bonds is 8. The summed E-state index contributed by atoms with van der Waals surface area (Å²) in [4.78, 5) is 12.1. The van der Waals surface area contributed by atoms with Gasteiger partial charge in [-0.25, -0.2) is 0 Å². The average Bonchev–Trinajstić information content (AvgIpc) is 2.56. The molecule has 25 heavy (non-hydrogen) atoms. The summed E-state index contributed by atoms with van der Waals surface area (Å²) < 4.78 is 34.2. The van der Waals surface area contributed by atoms with E-state index in [2.05, 4.69) is 10.1 Å². The number of carbonyl (C=O) groups excluding carboxylic acids is 1. The largest absolute Gasteiger partial charge is 0.494 e. The number of benzene rings is 2. The number of amides is 1. The fraction of sp³-hybridized carbons (Fsp3) is 0.278. The molecule has 7 heteroatoms. The van der Waals surface area contributed by atoms with Crippen molar-refractivity contribution in [3.8, 4) is 11.5 Å². The third kappa shape index (κ3) is 5.90. The normalized spacial score (nSPS) is 10.6. The summed E-state index contributed by atoms with van der Waals surface area (Å²) in [7, 11) is 0. The van der Waals surface area contributed by atoms with Gasteiger partial charge in [0.15, 0.2) is 0 Å². The first kappa shape index (κ1) is 19.0. The van der Waals surface area contributed by atoms with Crippen LogP contribution in [-0.4, -0.2) is 19.1 Å². The molecule has 1 N–H and O–H groups in total. The molecule has 134 valence electrons. The molecule has 0 aliphatic carbocycles. The van der Waals surface area contributed by atoms with Crippen molar-refractivity contribution in [1.29, 1.82) is 0 Å². The Bertz CT molecular complexity index is 725. The zero-order chi connectivity index (χ0) is 18.2. The predicted octanol–water partition coefficient (Wildman–Crippen LogP) is 4.91. The molecule has 0 aliphatic rings. The van der Waals surface area contributed by atoms with Gasteiger partial charge in [0.25, 0.3) is 0 Å². The van der Waals surface area contributed by atoms with Gasteiger partial charge in [0.05, 0.1) is 11.6 Å². The van der Waals surface area contributed by atoms with E-state index in [9.17, 15) is 13.6 Å². The summed E-state index contributed by atoms with van der Waals surface area (Å²) in [6, 6.07) is 11.6. The van der Waals surface area contributed by atoms with Crippen LogP contribution in [0.25, 0.3) is 0 Å². The summed E-state index contributed by atoms with van der Waals surface area (Å²) in [5, 5.41) is 2.68. The second-order valence-corrected chi connectivity index (χ2v) is 5.52. The zero-order valence-electron chi connectivity index (χ0n) is 13.6. The Labute approximate surface area is 149 Å². The van der Waals surface area contributed by atoms with E-state index in [0.717, 1.165) is 11.3 Å². The zero-order valence-corrected chi connectivity index (χ0v) is 14.4. The Morgan fingerprint density at radius 1 is 1.20 bits per heavy atom. The SMILES string of the molecule is CCOc1ccccc1CCC(=O)Nc1ccc(OC(F)F)c(Cl)c1. The van der Waals surface area contributed by atoms with Gasteiger partial charge >= 0.3 is 6.61 Å². The number of hydrogen-bond donors (Lipinski definition) is 1. The molecule has 2 aromatic carbocycles. The molecule has 0 unspecified atom stereocenters. The van der Waals surface area contributed by atoms with Gasteiger partial charge in [-0.3, -0.25) is 4.79 Å². The maximum Gasteiger partial charge on any atom is 0.387 e. The highest BCUT2D eigenvalue weighted by Crippen LogP contribution is 2.29. The summed E-state index contributed by atoms with van der Waals surface area (Å²) in [6.45, 7) is -0.507. The van der Waals surface area contributed by atoms with Gasteiger partial charge in [0.1, 0.15) is 11.5 Å². The van der Waals surface area contributed by atoms with E-state index >= 15 is 0 Å². The molecule has 0 aliphatic heterocycles. The van der Waals surface area contributed by atoms with Crippen molar-refractivity contribution in [3.63, 3.8) is 0 Å². The topological polar surface area (TPSA) is 47.6 Å². The molecule has 0 heterocycles. The number of anilines is 1. The van der Waals surface area contributed by atoms with Crippen LogP contribution < -0.4 is 14.8 Å². The lowest BCUT2D eigenvalue weighted by molar-refractivity contribution is -0.116. The first-order valence-corrected chi connectivity index (χ1v) is 8.12. The first-order chi connectivity index (χ1) is 12.0. The van der Waals surface area contributed by atoms with Crippen molar-refractivity contribution in [1.82, 2.24) is 0 Å². The highest BCUT2D eigenvalue weighted by molar-refractivity contribution is 6.32. The van der Waals surface area contributed by atoms with Crippen molar-refractivity contribution in [2.45, 2.75) is 26.4 Å². The number of hydrogen-bond acceptors (Lipinski definition) is 3. The van der Waals surface area contributed by atoms with Crippen LogP contribution in [-0.2, 0) is 11.2 Å². The van der Waals surface area contributed by atoms with Crippen molar-refractivity contribution in [3.05, 3.63) is 53.1 Å². The standard InChI is InChI=1S/C18H18ClF2NO3/c1-2-24-15-6-4-3-5-12(15)7-10-17(23)22-13-8-9-16(14(19)11-13)25-18(20)21/h3-6,8-9,11,18H,2,7,10H2,1H3,(H,22,23). The van der Waals surface area contributed by atoms with Gasteiger partial charge in [0.2, 0.25) is 5.91 Å². The molecule has 0 atom stereocenters. The van der Waals surface area contributed by atoms with Gasteiger partial charge in [-0.15, -0.1) is 0 Å². The Morgan fingerprint density at radius 2 is 1.96 bits per heavy atom. The van der Waals surface area contributed by atoms with Crippen LogP contribution in [0.4, 0.5) is 14.5 Å². The number of halogens is 3. The van der Waals surface area contributed by atoms with E-state index in [-0.39, 0.29) is 23.1 Å². The minimum Gasteiger partial charge on any atom is -0.494 e. The third-order valence-corrected chi connectivity index (χ3v) is 3.62. The Hall–Kier alpha value is -2.34. The van der Waals surface area contributed by atoms with Crippen LogP contribution in [0.2, 0.25) is 5.02 Å². The molecule has 2 aromatic rings. The summed E-state index contributed by atoms with van der Waals surface area (Å²) >= 11 is 5.86. The van der Waals surface area contributed by atoms with E-state index < -0.39 is 6.61 Å². The van der Waals surface area contributed by atoms with Gasteiger partial charge < -0.3 is 14.8 Å². The first-order valence-electron chi connectivity index (χ1n) is 7.74. The van der Waals surface area contributed by atoms with Gasteiger partial charge in [-0.05, 0) is 43.2 Å². The lowest BCUT2D eigenvalue weighted by Gasteiger charge is -2.11. The van der Waals surface area contributed by atoms with E-state index in [0.29, 0.717) is 18.7 Å². The van der Waals surface area contributed by atoms with Crippen molar-refractivity contribution in [2.24, 2.45) is 0 Å². The van der Waals surface area contributed by atoms with Crippen LogP contribution in [0.1, 0.15) is 18.9 Å². The second-order valence-electron chi connectivity index (χ2n) is 5.11. The number of nitrogens with one attached hydrogen (secondary N) is 1. The van der Waals surface area contributed by atoms with Crippen molar-refractivity contribution >= 4 is 23.2 Å². The Balaban J connectivity index is 1.93. The van der Waals surface area contributed by atoms with Crippen LogP contribution in [0.15, 0.2) is 42.5 Å². The van der Waals surface area contributed by atoms with Crippen molar-refractivity contribution in [2.75, 3.05) is 11.9 Å². The predicted molar refractivity (Wildman–Crippen MR) is 92.6 cm³/mol.